The average molecular weight is 435 g/mol. The van der Waals surface area contributed by atoms with Gasteiger partial charge in [0.1, 0.15) is 11.2 Å². The lowest BCUT2D eigenvalue weighted by atomic mass is 9.94. The molecule has 0 aliphatic carbocycles. The lowest BCUT2D eigenvalue weighted by Gasteiger charge is -2.11. The van der Waals surface area contributed by atoms with Crippen LogP contribution in [0.25, 0.3) is 53.9 Å². The summed E-state index contributed by atoms with van der Waals surface area (Å²) in [4.78, 5) is 2.84. The van der Waals surface area contributed by atoms with Crippen molar-refractivity contribution >= 4 is 54.8 Å². The van der Waals surface area contributed by atoms with E-state index >= 15 is 0 Å². The highest BCUT2D eigenvalue weighted by Gasteiger charge is 2.15. The highest BCUT2D eigenvalue weighted by atomic mass is 32.1. The standard InChI is InChI=1S/C30H26OS/c1-2-3-4-5-11-22-15-16-29(32-22)30-23-12-7-6-10-20(23)17-21-18-26-24-13-8-9-14-27(24)31-28(26)19-25(21)30/h6-10,12-19H,2-5,11H2,1H3. The molecule has 2 aromatic heterocycles. The Morgan fingerprint density at radius 2 is 1.50 bits per heavy atom. The van der Waals surface area contributed by atoms with Gasteiger partial charge in [-0.2, -0.15) is 0 Å². The van der Waals surface area contributed by atoms with E-state index in [1.807, 2.05) is 17.4 Å². The molecular weight excluding hydrogens is 408 g/mol. The SMILES string of the molecule is CCCCCCc1ccc(-c2c3ccccc3cc3cc4c(cc23)oc2ccccc24)s1. The zero-order valence-electron chi connectivity index (χ0n) is 18.4. The number of hydrogen-bond donors (Lipinski definition) is 0. The fraction of sp³-hybridized carbons (Fsp3) is 0.200. The summed E-state index contributed by atoms with van der Waals surface area (Å²) in [5, 5.41) is 7.53. The molecule has 0 fully saturated rings. The maximum atomic E-state index is 6.25. The summed E-state index contributed by atoms with van der Waals surface area (Å²) in [6, 6.07) is 28.7. The van der Waals surface area contributed by atoms with Crippen LogP contribution in [0.3, 0.4) is 0 Å². The second kappa shape index (κ2) is 8.11. The van der Waals surface area contributed by atoms with Crippen molar-refractivity contribution in [2.45, 2.75) is 39.0 Å². The van der Waals surface area contributed by atoms with Gasteiger partial charge in [-0.15, -0.1) is 11.3 Å². The molecule has 0 radical (unpaired) electrons. The number of rotatable bonds is 6. The van der Waals surface area contributed by atoms with Gasteiger partial charge in [0.05, 0.1) is 0 Å². The number of thiophene rings is 1. The van der Waals surface area contributed by atoms with Crippen LogP contribution in [-0.2, 0) is 6.42 Å². The first-order chi connectivity index (χ1) is 15.8. The van der Waals surface area contributed by atoms with Gasteiger partial charge in [0.25, 0.3) is 0 Å². The predicted octanol–water partition coefficient (Wildman–Crippen LogP) is 9.74. The van der Waals surface area contributed by atoms with E-state index in [0.717, 1.165) is 11.2 Å². The van der Waals surface area contributed by atoms with Crippen molar-refractivity contribution in [1.29, 1.82) is 0 Å². The molecule has 1 nitrogen and oxygen atoms in total. The number of unbranched alkanes of at least 4 members (excludes halogenated alkanes) is 3. The second-order valence-electron chi connectivity index (χ2n) is 8.72. The molecule has 32 heavy (non-hydrogen) atoms. The van der Waals surface area contributed by atoms with Gasteiger partial charge in [-0.25, -0.2) is 0 Å². The van der Waals surface area contributed by atoms with E-state index in [1.54, 1.807) is 0 Å². The van der Waals surface area contributed by atoms with Gasteiger partial charge in [-0.05, 0) is 70.8 Å². The minimum Gasteiger partial charge on any atom is -0.456 e. The molecule has 6 rings (SSSR count). The summed E-state index contributed by atoms with van der Waals surface area (Å²) in [6.45, 7) is 2.27. The van der Waals surface area contributed by atoms with Gasteiger partial charge < -0.3 is 4.42 Å². The highest BCUT2D eigenvalue weighted by Crippen LogP contribution is 2.42. The molecular formula is C30H26OS. The van der Waals surface area contributed by atoms with Crippen molar-refractivity contribution in [3.05, 3.63) is 83.7 Å². The molecule has 0 N–H and O–H groups in total. The third kappa shape index (κ3) is 3.30. The molecule has 2 heterocycles. The van der Waals surface area contributed by atoms with Crippen LogP contribution in [0.5, 0.6) is 0 Å². The number of benzene rings is 4. The van der Waals surface area contributed by atoms with E-state index in [0.29, 0.717) is 0 Å². The van der Waals surface area contributed by atoms with Crippen LogP contribution in [-0.4, -0.2) is 0 Å². The topological polar surface area (TPSA) is 13.1 Å². The Labute approximate surface area is 192 Å². The molecule has 2 heteroatoms. The highest BCUT2D eigenvalue weighted by molar-refractivity contribution is 7.15. The van der Waals surface area contributed by atoms with Crippen molar-refractivity contribution in [2.75, 3.05) is 0 Å². The van der Waals surface area contributed by atoms with Crippen LogP contribution < -0.4 is 0 Å². The average Bonchev–Trinajstić information content (AvgIpc) is 3.43. The monoisotopic (exact) mass is 434 g/mol. The van der Waals surface area contributed by atoms with Crippen LogP contribution in [0.4, 0.5) is 0 Å². The molecule has 0 atom stereocenters. The quantitative estimate of drug-likeness (QED) is 0.188. The maximum Gasteiger partial charge on any atom is 0.136 e. The lowest BCUT2D eigenvalue weighted by Crippen LogP contribution is -1.84. The normalized spacial score (nSPS) is 11.9. The van der Waals surface area contributed by atoms with Gasteiger partial charge in [-0.3, -0.25) is 0 Å². The van der Waals surface area contributed by atoms with Crippen molar-refractivity contribution in [3.8, 4) is 10.4 Å². The smallest absolute Gasteiger partial charge is 0.136 e. The van der Waals surface area contributed by atoms with Gasteiger partial charge in [0.2, 0.25) is 0 Å². The van der Waals surface area contributed by atoms with Crippen LogP contribution in [0, 0.1) is 0 Å². The molecule has 0 saturated heterocycles. The summed E-state index contributed by atoms with van der Waals surface area (Å²) >= 11 is 1.95. The largest absolute Gasteiger partial charge is 0.456 e. The number of furan rings is 1. The summed E-state index contributed by atoms with van der Waals surface area (Å²) < 4.78 is 6.25. The number of aryl methyl sites for hydroxylation is 1. The van der Waals surface area contributed by atoms with Gasteiger partial charge in [0, 0.05) is 26.1 Å². The molecule has 6 aromatic rings. The summed E-state index contributed by atoms with van der Waals surface area (Å²) in [5.41, 5.74) is 3.26. The number of hydrogen-bond acceptors (Lipinski definition) is 2. The Hall–Kier alpha value is -3.10. The Morgan fingerprint density at radius 3 is 2.41 bits per heavy atom. The van der Waals surface area contributed by atoms with E-state index in [9.17, 15) is 0 Å². The van der Waals surface area contributed by atoms with Crippen molar-refractivity contribution in [2.24, 2.45) is 0 Å². The summed E-state index contributed by atoms with van der Waals surface area (Å²) in [5.74, 6) is 0. The van der Waals surface area contributed by atoms with Crippen LogP contribution in [0.1, 0.15) is 37.5 Å². The molecule has 158 valence electrons. The summed E-state index contributed by atoms with van der Waals surface area (Å²) in [6.07, 6.45) is 6.41. The van der Waals surface area contributed by atoms with E-state index in [-0.39, 0.29) is 0 Å². The zero-order chi connectivity index (χ0) is 21.5. The first kappa shape index (κ1) is 19.6. The number of para-hydroxylation sites is 1. The van der Waals surface area contributed by atoms with E-state index in [4.69, 9.17) is 4.42 Å². The molecule has 0 aliphatic heterocycles. The first-order valence-corrected chi connectivity index (χ1v) is 12.5. The zero-order valence-corrected chi connectivity index (χ0v) is 19.2. The van der Waals surface area contributed by atoms with E-state index in [1.165, 1.54) is 79.7 Å². The molecule has 4 aromatic carbocycles. The first-order valence-electron chi connectivity index (χ1n) is 11.7. The molecule has 0 aliphatic rings. The summed E-state index contributed by atoms with van der Waals surface area (Å²) in [7, 11) is 0. The molecule has 0 unspecified atom stereocenters. The fourth-order valence-corrected chi connectivity index (χ4v) is 6.05. The third-order valence-electron chi connectivity index (χ3n) is 6.54. The lowest BCUT2D eigenvalue weighted by molar-refractivity contribution is 0.669. The van der Waals surface area contributed by atoms with Crippen molar-refractivity contribution < 1.29 is 4.42 Å². The van der Waals surface area contributed by atoms with Crippen molar-refractivity contribution in [3.63, 3.8) is 0 Å². The Balaban J connectivity index is 1.56. The Bertz CT molecular complexity index is 1570. The van der Waals surface area contributed by atoms with Gasteiger partial charge in [-0.1, -0.05) is 68.7 Å². The van der Waals surface area contributed by atoms with Crippen LogP contribution in [0.2, 0.25) is 0 Å². The Kier molecular flexibility index (Phi) is 4.96. The number of fused-ring (bicyclic) bond motifs is 5. The van der Waals surface area contributed by atoms with Crippen molar-refractivity contribution in [1.82, 2.24) is 0 Å². The maximum absolute atomic E-state index is 6.25. The van der Waals surface area contributed by atoms with Crippen LogP contribution in [0.15, 0.2) is 83.3 Å². The molecule has 0 saturated carbocycles. The van der Waals surface area contributed by atoms with Gasteiger partial charge in [0.15, 0.2) is 0 Å². The minimum absolute atomic E-state index is 0.953. The van der Waals surface area contributed by atoms with E-state index < -0.39 is 0 Å². The Morgan fingerprint density at radius 1 is 0.656 bits per heavy atom. The van der Waals surface area contributed by atoms with E-state index in [2.05, 4.69) is 79.7 Å². The van der Waals surface area contributed by atoms with Gasteiger partial charge >= 0.3 is 0 Å². The molecule has 0 bridgehead atoms. The van der Waals surface area contributed by atoms with Crippen LogP contribution >= 0.6 is 11.3 Å². The third-order valence-corrected chi connectivity index (χ3v) is 7.71. The predicted molar refractivity (Wildman–Crippen MR) is 140 cm³/mol. The molecule has 0 amide bonds. The minimum atomic E-state index is 0.953. The fourth-order valence-electron chi connectivity index (χ4n) is 4.93. The second-order valence-corrected chi connectivity index (χ2v) is 9.89. The molecule has 0 spiro atoms.